The minimum absolute atomic E-state index is 0.0573. The van der Waals surface area contributed by atoms with E-state index in [2.05, 4.69) is 31.2 Å². The summed E-state index contributed by atoms with van der Waals surface area (Å²) >= 11 is 3.09. The minimum atomic E-state index is -0.560. The van der Waals surface area contributed by atoms with E-state index in [1.54, 1.807) is 12.4 Å². The Kier molecular flexibility index (Phi) is 5.76. The van der Waals surface area contributed by atoms with Crippen LogP contribution in [0.4, 0.5) is 8.78 Å². The maximum absolute atomic E-state index is 14.1. The zero-order valence-corrected chi connectivity index (χ0v) is 13.2. The van der Waals surface area contributed by atoms with Crippen molar-refractivity contribution in [1.82, 2.24) is 15.3 Å². The number of halogens is 3. The first kappa shape index (κ1) is 16.0. The SMILES string of the molecule is CCCNC(Cc1c(F)ccc(Br)c1F)c1cncnc1. The van der Waals surface area contributed by atoms with Crippen LogP contribution >= 0.6 is 15.9 Å². The van der Waals surface area contributed by atoms with Crippen molar-refractivity contribution in [3.8, 4) is 0 Å². The first-order chi connectivity index (χ1) is 10.1. The number of hydrogen-bond acceptors (Lipinski definition) is 3. The molecule has 1 unspecified atom stereocenters. The molecule has 2 rings (SSSR count). The fourth-order valence-electron chi connectivity index (χ4n) is 2.08. The number of aromatic nitrogens is 2. The van der Waals surface area contributed by atoms with E-state index in [1.807, 2.05) is 6.92 Å². The van der Waals surface area contributed by atoms with E-state index in [0.29, 0.717) is 0 Å². The van der Waals surface area contributed by atoms with Gasteiger partial charge >= 0.3 is 0 Å². The third-order valence-electron chi connectivity index (χ3n) is 3.17. The van der Waals surface area contributed by atoms with E-state index in [4.69, 9.17) is 0 Å². The largest absolute Gasteiger partial charge is 0.310 e. The fraction of sp³-hybridized carbons (Fsp3) is 0.333. The molecule has 1 N–H and O–H groups in total. The van der Waals surface area contributed by atoms with Gasteiger partial charge in [0.1, 0.15) is 18.0 Å². The summed E-state index contributed by atoms with van der Waals surface area (Å²) in [5, 5.41) is 3.28. The Labute approximate surface area is 131 Å². The lowest BCUT2D eigenvalue weighted by molar-refractivity contribution is 0.486. The molecule has 0 radical (unpaired) electrons. The smallest absolute Gasteiger partial charge is 0.143 e. The molecule has 0 aliphatic heterocycles. The van der Waals surface area contributed by atoms with Crippen LogP contribution in [0.5, 0.6) is 0 Å². The third-order valence-corrected chi connectivity index (χ3v) is 3.78. The second kappa shape index (κ2) is 7.56. The average Bonchev–Trinajstić information content (AvgIpc) is 2.51. The number of rotatable bonds is 6. The number of benzene rings is 1. The Morgan fingerprint density at radius 1 is 1.24 bits per heavy atom. The van der Waals surface area contributed by atoms with Gasteiger partial charge in [0.25, 0.3) is 0 Å². The maximum atomic E-state index is 14.1. The molecular formula is C15H16BrF2N3. The molecule has 3 nitrogen and oxygen atoms in total. The minimum Gasteiger partial charge on any atom is -0.310 e. The van der Waals surface area contributed by atoms with Crippen LogP contribution < -0.4 is 5.32 Å². The second-order valence-electron chi connectivity index (χ2n) is 4.70. The van der Waals surface area contributed by atoms with Crippen molar-refractivity contribution in [2.24, 2.45) is 0 Å². The predicted molar refractivity (Wildman–Crippen MR) is 80.8 cm³/mol. The molecule has 0 bridgehead atoms. The summed E-state index contributed by atoms with van der Waals surface area (Å²) in [5.74, 6) is -1.11. The van der Waals surface area contributed by atoms with E-state index >= 15 is 0 Å². The molecule has 0 saturated heterocycles. The topological polar surface area (TPSA) is 37.8 Å². The lowest BCUT2D eigenvalue weighted by Crippen LogP contribution is -2.25. The lowest BCUT2D eigenvalue weighted by atomic mass is 10.00. The second-order valence-corrected chi connectivity index (χ2v) is 5.56. The van der Waals surface area contributed by atoms with Gasteiger partial charge in [0.05, 0.1) is 4.47 Å². The van der Waals surface area contributed by atoms with Gasteiger partial charge in [0.15, 0.2) is 0 Å². The van der Waals surface area contributed by atoms with Crippen LogP contribution in [0.15, 0.2) is 35.3 Å². The van der Waals surface area contributed by atoms with Crippen molar-refractivity contribution < 1.29 is 8.78 Å². The van der Waals surface area contributed by atoms with Gasteiger partial charge in [-0.15, -0.1) is 0 Å². The van der Waals surface area contributed by atoms with Gasteiger partial charge in [0.2, 0.25) is 0 Å². The van der Waals surface area contributed by atoms with Crippen molar-refractivity contribution in [1.29, 1.82) is 0 Å². The molecule has 1 heterocycles. The van der Waals surface area contributed by atoms with Gasteiger partial charge in [0, 0.05) is 29.6 Å². The maximum Gasteiger partial charge on any atom is 0.143 e. The Bertz CT molecular complexity index is 593. The summed E-state index contributed by atoms with van der Waals surface area (Å²) in [5.41, 5.74) is 0.867. The standard InChI is InChI=1S/C15H16BrF2N3/c1-2-5-21-14(10-7-19-9-20-8-10)6-11-13(17)4-3-12(16)15(11)18/h3-4,7-9,14,21H,2,5-6H2,1H3. The summed E-state index contributed by atoms with van der Waals surface area (Å²) in [6, 6.07) is 2.40. The molecular weight excluding hydrogens is 340 g/mol. The van der Waals surface area contributed by atoms with Gasteiger partial charge in [-0.1, -0.05) is 6.92 Å². The molecule has 0 aliphatic carbocycles. The zero-order chi connectivity index (χ0) is 15.2. The molecule has 1 aromatic carbocycles. The lowest BCUT2D eigenvalue weighted by Gasteiger charge is -2.19. The highest BCUT2D eigenvalue weighted by molar-refractivity contribution is 9.10. The van der Waals surface area contributed by atoms with Gasteiger partial charge < -0.3 is 5.32 Å². The number of hydrogen-bond donors (Lipinski definition) is 1. The van der Waals surface area contributed by atoms with E-state index in [0.717, 1.165) is 18.5 Å². The molecule has 112 valence electrons. The van der Waals surface area contributed by atoms with Gasteiger partial charge in [-0.3, -0.25) is 0 Å². The zero-order valence-electron chi connectivity index (χ0n) is 11.6. The van der Waals surface area contributed by atoms with Crippen LogP contribution in [0.25, 0.3) is 0 Å². The Hall–Kier alpha value is -1.40. The molecule has 0 aliphatic rings. The summed E-state index contributed by atoms with van der Waals surface area (Å²) < 4.78 is 28.3. The monoisotopic (exact) mass is 355 g/mol. The molecule has 21 heavy (non-hydrogen) atoms. The van der Waals surface area contributed by atoms with Crippen LogP contribution in [-0.4, -0.2) is 16.5 Å². The summed E-state index contributed by atoms with van der Waals surface area (Å²) in [6.45, 7) is 2.78. The van der Waals surface area contributed by atoms with Crippen LogP contribution in [0.3, 0.4) is 0 Å². The molecule has 2 aromatic rings. The number of nitrogens with one attached hydrogen (secondary N) is 1. The van der Waals surface area contributed by atoms with Crippen LogP contribution in [-0.2, 0) is 6.42 Å². The molecule has 0 fully saturated rings. The van der Waals surface area contributed by atoms with Crippen molar-refractivity contribution >= 4 is 15.9 Å². The van der Waals surface area contributed by atoms with Gasteiger partial charge in [-0.2, -0.15) is 0 Å². The summed E-state index contributed by atoms with van der Waals surface area (Å²) in [4.78, 5) is 7.94. The van der Waals surface area contributed by atoms with Crippen LogP contribution in [0.1, 0.15) is 30.5 Å². The molecule has 1 aromatic heterocycles. The van der Waals surface area contributed by atoms with Crippen molar-refractivity contribution in [3.63, 3.8) is 0 Å². The Morgan fingerprint density at radius 2 is 1.95 bits per heavy atom. The van der Waals surface area contributed by atoms with E-state index < -0.39 is 11.6 Å². The molecule has 1 atom stereocenters. The average molecular weight is 356 g/mol. The number of nitrogens with zero attached hydrogens (tertiary/aromatic N) is 2. The highest BCUT2D eigenvalue weighted by Gasteiger charge is 2.19. The predicted octanol–water partition coefficient (Wildman–Crippen LogP) is 3.80. The van der Waals surface area contributed by atoms with Gasteiger partial charge in [-0.25, -0.2) is 18.7 Å². The normalized spacial score (nSPS) is 12.4. The summed E-state index contributed by atoms with van der Waals surface area (Å²) in [6.07, 6.45) is 5.88. The van der Waals surface area contributed by atoms with Crippen molar-refractivity contribution in [2.45, 2.75) is 25.8 Å². The van der Waals surface area contributed by atoms with E-state index in [9.17, 15) is 8.78 Å². The Morgan fingerprint density at radius 3 is 2.62 bits per heavy atom. The van der Waals surface area contributed by atoms with Crippen LogP contribution in [0, 0.1) is 11.6 Å². The Balaban J connectivity index is 2.29. The molecule has 6 heteroatoms. The highest BCUT2D eigenvalue weighted by atomic mass is 79.9. The van der Waals surface area contributed by atoms with Crippen LogP contribution in [0.2, 0.25) is 0 Å². The highest BCUT2D eigenvalue weighted by Crippen LogP contribution is 2.26. The van der Waals surface area contributed by atoms with E-state index in [-0.39, 0.29) is 22.5 Å². The summed E-state index contributed by atoms with van der Waals surface area (Å²) in [7, 11) is 0. The first-order valence-electron chi connectivity index (χ1n) is 6.74. The molecule has 0 amide bonds. The first-order valence-corrected chi connectivity index (χ1v) is 7.53. The van der Waals surface area contributed by atoms with Gasteiger partial charge in [-0.05, 0) is 47.4 Å². The third kappa shape index (κ3) is 4.04. The molecule has 0 saturated carbocycles. The van der Waals surface area contributed by atoms with Crippen molar-refractivity contribution in [3.05, 3.63) is 58.1 Å². The van der Waals surface area contributed by atoms with E-state index in [1.165, 1.54) is 18.5 Å². The van der Waals surface area contributed by atoms with Crippen molar-refractivity contribution in [2.75, 3.05) is 6.54 Å². The fourth-order valence-corrected chi connectivity index (χ4v) is 2.45. The molecule has 0 spiro atoms. The quantitative estimate of drug-likeness (QED) is 0.800.